The Balaban J connectivity index is 1.64. The minimum absolute atomic E-state index is 0.0454. The summed E-state index contributed by atoms with van der Waals surface area (Å²) in [6, 6.07) is 12.9. The van der Waals surface area contributed by atoms with Crippen molar-refractivity contribution >= 4 is 28.4 Å². The first-order chi connectivity index (χ1) is 13.0. The lowest BCUT2D eigenvalue weighted by atomic mass is 10.1. The van der Waals surface area contributed by atoms with Crippen LogP contribution in [0.4, 0.5) is 0 Å². The van der Waals surface area contributed by atoms with Gasteiger partial charge in [-0.1, -0.05) is 35.9 Å². The molecule has 0 unspecified atom stereocenters. The molecule has 27 heavy (non-hydrogen) atoms. The molecule has 3 aromatic rings. The molecule has 2 N–H and O–H groups in total. The van der Waals surface area contributed by atoms with Gasteiger partial charge in [0.1, 0.15) is 11.3 Å². The maximum atomic E-state index is 12.9. The summed E-state index contributed by atoms with van der Waals surface area (Å²) in [5.74, 6) is -0.808. The highest BCUT2D eigenvalue weighted by Gasteiger charge is 2.29. The molecular formula is C21H19ClN2O3. The third-order valence-electron chi connectivity index (χ3n) is 5.06. The van der Waals surface area contributed by atoms with Crippen LogP contribution in [0.3, 0.4) is 0 Å². The third kappa shape index (κ3) is 2.98. The zero-order valence-electron chi connectivity index (χ0n) is 14.8. The van der Waals surface area contributed by atoms with Gasteiger partial charge in [-0.3, -0.25) is 9.59 Å². The number of carbonyl (C=O) groups excluding carboxylic acids is 1. The van der Waals surface area contributed by atoms with Crippen LogP contribution < -0.4 is 10.9 Å². The summed E-state index contributed by atoms with van der Waals surface area (Å²) in [6.07, 6.45) is 1.29. The van der Waals surface area contributed by atoms with Crippen molar-refractivity contribution < 1.29 is 9.90 Å². The number of hydrogen-bond acceptors (Lipinski definition) is 3. The van der Waals surface area contributed by atoms with Crippen LogP contribution in [0.1, 0.15) is 34.5 Å². The lowest BCUT2D eigenvalue weighted by Gasteiger charge is -2.14. The molecular weight excluding hydrogens is 364 g/mol. The van der Waals surface area contributed by atoms with Gasteiger partial charge in [-0.25, -0.2) is 0 Å². The van der Waals surface area contributed by atoms with Gasteiger partial charge in [0.05, 0.1) is 5.52 Å². The fourth-order valence-electron chi connectivity index (χ4n) is 3.83. The molecule has 0 saturated heterocycles. The van der Waals surface area contributed by atoms with E-state index in [1.807, 2.05) is 37.3 Å². The molecule has 0 aliphatic carbocycles. The Morgan fingerprint density at radius 2 is 2.07 bits per heavy atom. The summed E-state index contributed by atoms with van der Waals surface area (Å²) >= 11 is 5.97. The second kappa shape index (κ2) is 6.74. The number of carbonyl (C=O) groups is 1. The summed E-state index contributed by atoms with van der Waals surface area (Å²) < 4.78 is 1.62. The van der Waals surface area contributed by atoms with E-state index in [1.54, 1.807) is 16.7 Å². The maximum absolute atomic E-state index is 12.9. The number of para-hydroxylation sites is 1. The van der Waals surface area contributed by atoms with Gasteiger partial charge in [0.25, 0.3) is 11.5 Å². The molecule has 0 spiro atoms. The van der Waals surface area contributed by atoms with Crippen LogP contribution in [0.15, 0.2) is 47.3 Å². The van der Waals surface area contributed by atoms with Gasteiger partial charge in [-0.15, -0.1) is 0 Å². The first kappa shape index (κ1) is 17.6. The smallest absolute Gasteiger partial charge is 0.267 e. The maximum Gasteiger partial charge on any atom is 0.267 e. The van der Waals surface area contributed by atoms with Gasteiger partial charge >= 0.3 is 0 Å². The quantitative estimate of drug-likeness (QED) is 0.726. The molecule has 2 heterocycles. The second-order valence-corrected chi connectivity index (χ2v) is 7.34. The van der Waals surface area contributed by atoms with Crippen molar-refractivity contribution in [2.45, 2.75) is 25.8 Å². The first-order valence-corrected chi connectivity index (χ1v) is 9.27. The zero-order valence-corrected chi connectivity index (χ0v) is 15.6. The Morgan fingerprint density at radius 1 is 1.30 bits per heavy atom. The highest BCUT2D eigenvalue weighted by atomic mass is 35.5. The molecule has 1 aromatic heterocycles. The van der Waals surface area contributed by atoms with Gasteiger partial charge in [0.15, 0.2) is 0 Å². The van der Waals surface area contributed by atoms with Crippen molar-refractivity contribution in [2.24, 2.45) is 0 Å². The number of nitrogens with one attached hydrogen (secondary N) is 1. The topological polar surface area (TPSA) is 71.3 Å². The van der Waals surface area contributed by atoms with E-state index in [0.29, 0.717) is 29.8 Å². The number of rotatable bonds is 4. The molecule has 138 valence electrons. The zero-order chi connectivity index (χ0) is 19.1. The molecule has 1 aliphatic rings. The number of pyridine rings is 1. The first-order valence-electron chi connectivity index (χ1n) is 8.89. The molecule has 1 amide bonds. The van der Waals surface area contributed by atoms with Gasteiger partial charge in [0.2, 0.25) is 0 Å². The molecule has 4 rings (SSSR count). The molecule has 1 aliphatic heterocycles. The van der Waals surface area contributed by atoms with Crippen LogP contribution in [0.2, 0.25) is 5.02 Å². The normalized spacial score (nSPS) is 15.3. The Bertz CT molecular complexity index is 1120. The van der Waals surface area contributed by atoms with Crippen LogP contribution >= 0.6 is 11.6 Å². The lowest BCUT2D eigenvalue weighted by Crippen LogP contribution is -2.34. The van der Waals surface area contributed by atoms with Crippen molar-refractivity contribution in [2.75, 3.05) is 6.54 Å². The van der Waals surface area contributed by atoms with Gasteiger partial charge < -0.3 is 15.0 Å². The van der Waals surface area contributed by atoms with E-state index in [1.165, 1.54) is 0 Å². The Labute approximate surface area is 161 Å². The van der Waals surface area contributed by atoms with E-state index in [9.17, 15) is 14.7 Å². The second-order valence-electron chi connectivity index (χ2n) is 6.90. The number of hydrogen-bond donors (Lipinski definition) is 2. The van der Waals surface area contributed by atoms with E-state index in [-0.39, 0.29) is 17.4 Å². The van der Waals surface area contributed by atoms with Crippen molar-refractivity contribution in [1.82, 2.24) is 9.88 Å². The molecule has 0 saturated carbocycles. The number of amides is 1. The fraction of sp³-hybridized carbons (Fsp3) is 0.238. The molecule has 5 nitrogen and oxygen atoms in total. The summed E-state index contributed by atoms with van der Waals surface area (Å²) in [6.45, 7) is 2.28. The molecule has 0 radical (unpaired) electrons. The van der Waals surface area contributed by atoms with Gasteiger partial charge in [-0.05, 0) is 49.1 Å². The minimum atomic E-state index is -0.560. The Kier molecular flexibility index (Phi) is 4.40. The molecule has 6 heteroatoms. The van der Waals surface area contributed by atoms with E-state index in [4.69, 9.17) is 11.6 Å². The van der Waals surface area contributed by atoms with E-state index >= 15 is 0 Å². The summed E-state index contributed by atoms with van der Waals surface area (Å²) in [7, 11) is 0. The molecule has 2 aromatic carbocycles. The molecule has 0 fully saturated rings. The van der Waals surface area contributed by atoms with Crippen molar-refractivity contribution in [1.29, 1.82) is 0 Å². The van der Waals surface area contributed by atoms with E-state index in [2.05, 4.69) is 5.32 Å². The third-order valence-corrected chi connectivity index (χ3v) is 5.29. The Hall–Kier alpha value is -2.79. The average molecular weight is 383 g/mol. The van der Waals surface area contributed by atoms with Crippen LogP contribution in [0.25, 0.3) is 10.9 Å². The standard InChI is InChI=1S/C21H19ClN2O3/c1-12-10-14-5-3-7-16-18(14)24(12)21(27)17(19(16)25)20(26)23-9-8-13-4-2-6-15(22)11-13/h2-7,11-12,25H,8-10H2,1H3,(H,23,26)/t12-/m0/s1. The SMILES string of the molecule is C[C@H]1Cc2cccc3c(O)c(C(=O)NCCc4cccc(Cl)c4)c(=O)n1c23. The minimum Gasteiger partial charge on any atom is -0.506 e. The molecule has 0 bridgehead atoms. The largest absolute Gasteiger partial charge is 0.506 e. The summed E-state index contributed by atoms with van der Waals surface area (Å²) in [5, 5.41) is 14.5. The number of halogens is 1. The number of benzene rings is 2. The van der Waals surface area contributed by atoms with Crippen LogP contribution in [-0.2, 0) is 12.8 Å². The Morgan fingerprint density at radius 3 is 2.85 bits per heavy atom. The highest BCUT2D eigenvalue weighted by molar-refractivity contribution is 6.30. The van der Waals surface area contributed by atoms with Crippen molar-refractivity contribution in [3.05, 3.63) is 74.5 Å². The number of aromatic nitrogens is 1. The lowest BCUT2D eigenvalue weighted by molar-refractivity contribution is 0.0949. The summed E-state index contributed by atoms with van der Waals surface area (Å²) in [5.41, 5.74) is 2.08. The fourth-order valence-corrected chi connectivity index (χ4v) is 4.04. The molecule has 1 atom stereocenters. The van der Waals surface area contributed by atoms with Gasteiger partial charge in [0, 0.05) is 23.0 Å². The van der Waals surface area contributed by atoms with Crippen LogP contribution in [0.5, 0.6) is 5.75 Å². The number of aromatic hydroxyl groups is 1. The predicted molar refractivity (Wildman–Crippen MR) is 106 cm³/mol. The average Bonchev–Trinajstić information content (AvgIpc) is 2.97. The van der Waals surface area contributed by atoms with Crippen LogP contribution in [0, 0.1) is 0 Å². The van der Waals surface area contributed by atoms with Gasteiger partial charge in [-0.2, -0.15) is 0 Å². The van der Waals surface area contributed by atoms with Crippen molar-refractivity contribution in [3.8, 4) is 5.75 Å². The number of nitrogens with zero attached hydrogens (tertiary/aromatic N) is 1. The predicted octanol–water partition coefficient (Wildman–Crippen LogP) is 3.45. The highest BCUT2D eigenvalue weighted by Crippen LogP contribution is 2.35. The van der Waals surface area contributed by atoms with Crippen LogP contribution in [-0.4, -0.2) is 22.1 Å². The monoisotopic (exact) mass is 382 g/mol. The van der Waals surface area contributed by atoms with E-state index in [0.717, 1.165) is 16.6 Å². The van der Waals surface area contributed by atoms with Crippen molar-refractivity contribution in [3.63, 3.8) is 0 Å². The summed E-state index contributed by atoms with van der Waals surface area (Å²) in [4.78, 5) is 25.6. The van der Waals surface area contributed by atoms with E-state index < -0.39 is 11.5 Å².